The Morgan fingerprint density at radius 1 is 1.33 bits per heavy atom. The highest BCUT2D eigenvalue weighted by molar-refractivity contribution is 7.11. The number of carbonyl (C=O) groups excluding carboxylic acids is 2. The van der Waals surface area contributed by atoms with E-state index in [1.807, 2.05) is 30.0 Å². The number of nitrogens with zero attached hydrogens (tertiary/aromatic N) is 2. The van der Waals surface area contributed by atoms with Crippen LogP contribution in [0.15, 0.2) is 29.8 Å². The summed E-state index contributed by atoms with van der Waals surface area (Å²) in [6.07, 6.45) is 1.62. The molecule has 1 aromatic carbocycles. The number of aryl methyl sites for hydroxylation is 1. The Kier molecular flexibility index (Phi) is 3.53. The van der Waals surface area contributed by atoms with E-state index in [9.17, 15) is 9.59 Å². The van der Waals surface area contributed by atoms with Gasteiger partial charge >= 0.3 is 0 Å². The van der Waals surface area contributed by atoms with E-state index in [1.54, 1.807) is 11.6 Å². The van der Waals surface area contributed by atoms with Crippen LogP contribution in [0, 0.1) is 6.92 Å². The summed E-state index contributed by atoms with van der Waals surface area (Å²) in [5, 5.41) is 6.53. The number of rotatable bonds is 1. The van der Waals surface area contributed by atoms with Gasteiger partial charge in [0.25, 0.3) is 11.8 Å². The van der Waals surface area contributed by atoms with Gasteiger partial charge in [0.2, 0.25) is 0 Å². The van der Waals surface area contributed by atoms with Gasteiger partial charge in [-0.3, -0.25) is 9.59 Å². The number of aromatic nitrogens is 1. The number of piperidine rings is 1. The van der Waals surface area contributed by atoms with Crippen molar-refractivity contribution in [3.8, 4) is 0 Å². The fourth-order valence-electron chi connectivity index (χ4n) is 3.45. The third-order valence-electron chi connectivity index (χ3n) is 4.62. The molecule has 2 aliphatic heterocycles. The normalized spacial score (nSPS) is 22.7. The molecule has 1 saturated heterocycles. The van der Waals surface area contributed by atoms with Crippen molar-refractivity contribution in [1.29, 1.82) is 0 Å². The smallest absolute Gasteiger partial charge is 0.265 e. The molecule has 1 aromatic heterocycles. The number of thiazole rings is 1. The van der Waals surface area contributed by atoms with Crippen LogP contribution in [0.4, 0.5) is 5.69 Å². The molecule has 6 nitrogen and oxygen atoms in total. The van der Waals surface area contributed by atoms with Crippen LogP contribution in [0.25, 0.3) is 0 Å². The maximum Gasteiger partial charge on any atom is 0.265 e. The summed E-state index contributed by atoms with van der Waals surface area (Å²) in [4.78, 5) is 31.9. The Morgan fingerprint density at radius 3 is 2.96 bits per heavy atom. The van der Waals surface area contributed by atoms with Crippen LogP contribution < -0.4 is 10.6 Å². The molecule has 2 aliphatic rings. The van der Waals surface area contributed by atoms with Gasteiger partial charge in [-0.15, -0.1) is 11.3 Å². The van der Waals surface area contributed by atoms with Gasteiger partial charge < -0.3 is 15.5 Å². The molecule has 0 bridgehead atoms. The average molecular weight is 342 g/mol. The lowest BCUT2D eigenvalue weighted by Gasteiger charge is -2.46. The van der Waals surface area contributed by atoms with Gasteiger partial charge in [0, 0.05) is 12.2 Å². The molecule has 24 heavy (non-hydrogen) atoms. The molecule has 1 fully saturated rings. The Bertz CT molecular complexity index is 818. The Labute approximate surface area is 143 Å². The number of para-hydroxylation sites is 1. The molecular formula is C17H18N4O2S. The molecule has 2 amide bonds. The summed E-state index contributed by atoms with van der Waals surface area (Å²) >= 11 is 1.37. The maximum atomic E-state index is 12.8. The monoisotopic (exact) mass is 342 g/mol. The minimum atomic E-state index is -0.599. The predicted octanol–water partition coefficient (Wildman–Crippen LogP) is 2.24. The Morgan fingerprint density at radius 2 is 2.17 bits per heavy atom. The average Bonchev–Trinajstić information content (AvgIpc) is 3.00. The molecule has 0 radical (unpaired) electrons. The van der Waals surface area contributed by atoms with Crippen molar-refractivity contribution < 1.29 is 9.59 Å². The van der Waals surface area contributed by atoms with E-state index >= 15 is 0 Å². The molecule has 1 spiro atoms. The van der Waals surface area contributed by atoms with E-state index in [-0.39, 0.29) is 11.8 Å². The van der Waals surface area contributed by atoms with Crippen LogP contribution in [0.5, 0.6) is 0 Å². The molecule has 124 valence electrons. The van der Waals surface area contributed by atoms with Crippen LogP contribution in [0.2, 0.25) is 0 Å². The molecule has 7 heteroatoms. The van der Waals surface area contributed by atoms with E-state index in [4.69, 9.17) is 0 Å². The van der Waals surface area contributed by atoms with E-state index in [1.165, 1.54) is 11.3 Å². The molecule has 0 aliphatic carbocycles. The molecule has 2 aromatic rings. The zero-order valence-corrected chi connectivity index (χ0v) is 14.2. The first-order valence-corrected chi connectivity index (χ1v) is 8.85. The highest BCUT2D eigenvalue weighted by Crippen LogP contribution is 2.31. The number of hydrogen-bond acceptors (Lipinski definition) is 5. The molecule has 4 rings (SSSR count). The summed E-state index contributed by atoms with van der Waals surface area (Å²) in [7, 11) is 0. The van der Waals surface area contributed by atoms with E-state index in [0.29, 0.717) is 23.5 Å². The quantitative estimate of drug-likeness (QED) is 0.833. The SMILES string of the molecule is Cc1ncsc1C(=O)N1CCCC2(C1)NC(=O)c1ccccc1N2. The number of amides is 2. The van der Waals surface area contributed by atoms with E-state index in [2.05, 4.69) is 15.6 Å². The highest BCUT2D eigenvalue weighted by atomic mass is 32.1. The van der Waals surface area contributed by atoms with Crippen molar-refractivity contribution in [2.24, 2.45) is 0 Å². The van der Waals surface area contributed by atoms with Gasteiger partial charge in [-0.05, 0) is 31.9 Å². The summed E-state index contributed by atoms with van der Waals surface area (Å²) in [6.45, 7) is 2.99. The van der Waals surface area contributed by atoms with E-state index < -0.39 is 5.66 Å². The van der Waals surface area contributed by atoms with Crippen molar-refractivity contribution in [2.75, 3.05) is 18.4 Å². The number of anilines is 1. The molecule has 3 heterocycles. The Balaban J connectivity index is 1.60. The predicted molar refractivity (Wildman–Crippen MR) is 92.3 cm³/mol. The van der Waals surface area contributed by atoms with Gasteiger partial charge in [0.05, 0.1) is 23.3 Å². The number of hydrogen-bond donors (Lipinski definition) is 2. The van der Waals surface area contributed by atoms with Gasteiger partial charge in [0.15, 0.2) is 0 Å². The second kappa shape index (κ2) is 5.59. The van der Waals surface area contributed by atoms with Gasteiger partial charge in [-0.25, -0.2) is 4.98 Å². The van der Waals surface area contributed by atoms with Crippen molar-refractivity contribution >= 4 is 28.8 Å². The van der Waals surface area contributed by atoms with Gasteiger partial charge in [-0.2, -0.15) is 0 Å². The zero-order chi connectivity index (χ0) is 16.7. The lowest BCUT2D eigenvalue weighted by molar-refractivity contribution is 0.0596. The lowest BCUT2D eigenvalue weighted by atomic mass is 9.93. The standard InChI is InChI=1S/C17H18N4O2S/c1-11-14(24-10-18-11)16(23)21-8-4-7-17(9-21)19-13-6-3-2-5-12(13)15(22)20-17/h2-3,5-6,10,19H,4,7-9H2,1H3,(H,20,22). The number of fused-ring (bicyclic) bond motifs is 1. The minimum absolute atomic E-state index is 0.0102. The largest absolute Gasteiger partial charge is 0.361 e. The first kappa shape index (κ1) is 15.1. The van der Waals surface area contributed by atoms with Crippen molar-refractivity contribution in [1.82, 2.24) is 15.2 Å². The van der Waals surface area contributed by atoms with Crippen LogP contribution in [-0.4, -0.2) is 40.5 Å². The highest BCUT2D eigenvalue weighted by Gasteiger charge is 2.42. The number of benzene rings is 1. The van der Waals surface area contributed by atoms with Crippen LogP contribution in [0.1, 0.15) is 38.6 Å². The van der Waals surface area contributed by atoms with Gasteiger partial charge in [0.1, 0.15) is 10.5 Å². The van der Waals surface area contributed by atoms with Crippen LogP contribution >= 0.6 is 11.3 Å². The second-order valence-corrected chi connectivity index (χ2v) is 7.16. The van der Waals surface area contributed by atoms with Crippen molar-refractivity contribution in [3.05, 3.63) is 45.9 Å². The van der Waals surface area contributed by atoms with Crippen LogP contribution in [-0.2, 0) is 0 Å². The third-order valence-corrected chi connectivity index (χ3v) is 5.53. The molecule has 1 unspecified atom stereocenters. The number of nitrogens with one attached hydrogen (secondary N) is 2. The molecule has 0 saturated carbocycles. The maximum absolute atomic E-state index is 12.8. The lowest BCUT2D eigenvalue weighted by Crippen LogP contribution is -2.66. The zero-order valence-electron chi connectivity index (χ0n) is 13.3. The number of carbonyl (C=O) groups is 2. The molecule has 2 N–H and O–H groups in total. The second-order valence-electron chi connectivity index (χ2n) is 6.30. The van der Waals surface area contributed by atoms with Crippen molar-refractivity contribution in [2.45, 2.75) is 25.4 Å². The summed E-state index contributed by atoms with van der Waals surface area (Å²) < 4.78 is 0. The first-order valence-electron chi connectivity index (χ1n) is 7.97. The number of likely N-dealkylation sites (tertiary alicyclic amines) is 1. The minimum Gasteiger partial charge on any atom is -0.361 e. The van der Waals surface area contributed by atoms with E-state index in [0.717, 1.165) is 24.2 Å². The van der Waals surface area contributed by atoms with Crippen molar-refractivity contribution in [3.63, 3.8) is 0 Å². The van der Waals surface area contributed by atoms with Gasteiger partial charge in [-0.1, -0.05) is 12.1 Å². The summed E-state index contributed by atoms with van der Waals surface area (Å²) in [5.74, 6) is -0.100. The molecular weight excluding hydrogens is 324 g/mol. The summed E-state index contributed by atoms with van der Waals surface area (Å²) in [5.41, 5.74) is 3.32. The fraction of sp³-hybridized carbons (Fsp3) is 0.353. The first-order chi connectivity index (χ1) is 11.6. The molecule has 1 atom stereocenters. The summed E-state index contributed by atoms with van der Waals surface area (Å²) in [6, 6.07) is 7.47. The third kappa shape index (κ3) is 2.45. The Hall–Kier alpha value is -2.41. The fourth-order valence-corrected chi connectivity index (χ4v) is 4.22. The topological polar surface area (TPSA) is 74.3 Å². The van der Waals surface area contributed by atoms with Crippen LogP contribution in [0.3, 0.4) is 0 Å².